The Balaban J connectivity index is 2.09. The molecule has 0 radical (unpaired) electrons. The molecular formula is C16H22N2O2. The molecule has 1 saturated heterocycles. The van der Waals surface area contributed by atoms with Crippen molar-refractivity contribution in [3.63, 3.8) is 0 Å². The van der Waals surface area contributed by atoms with E-state index in [1.165, 1.54) is 19.3 Å². The molecule has 0 N–H and O–H groups in total. The SMILES string of the molecule is COc1ccc(CC(C#N)N2CCCCC2)cc1OC. The van der Waals surface area contributed by atoms with E-state index in [1.54, 1.807) is 14.2 Å². The van der Waals surface area contributed by atoms with E-state index in [0.717, 1.165) is 36.6 Å². The van der Waals surface area contributed by atoms with Gasteiger partial charge in [0.25, 0.3) is 0 Å². The highest BCUT2D eigenvalue weighted by molar-refractivity contribution is 5.43. The molecule has 1 aromatic carbocycles. The Morgan fingerprint density at radius 1 is 1.15 bits per heavy atom. The molecule has 1 fully saturated rings. The fourth-order valence-electron chi connectivity index (χ4n) is 2.72. The van der Waals surface area contributed by atoms with Crippen molar-refractivity contribution >= 4 is 0 Å². The van der Waals surface area contributed by atoms with E-state index in [4.69, 9.17) is 9.47 Å². The molecule has 0 aliphatic carbocycles. The van der Waals surface area contributed by atoms with Gasteiger partial charge in [0, 0.05) is 6.42 Å². The van der Waals surface area contributed by atoms with Crippen LogP contribution < -0.4 is 9.47 Å². The molecule has 1 unspecified atom stereocenters. The second-order valence-corrected chi connectivity index (χ2v) is 5.13. The normalized spacial score (nSPS) is 17.2. The van der Waals surface area contributed by atoms with Crippen LogP contribution in [0.2, 0.25) is 0 Å². The summed E-state index contributed by atoms with van der Waals surface area (Å²) < 4.78 is 10.6. The van der Waals surface area contributed by atoms with Crippen molar-refractivity contribution in [3.8, 4) is 17.6 Å². The minimum Gasteiger partial charge on any atom is -0.493 e. The summed E-state index contributed by atoms with van der Waals surface area (Å²) in [7, 11) is 3.26. The van der Waals surface area contributed by atoms with E-state index in [9.17, 15) is 5.26 Å². The zero-order valence-electron chi connectivity index (χ0n) is 12.3. The van der Waals surface area contributed by atoms with Gasteiger partial charge in [0.1, 0.15) is 6.04 Å². The Morgan fingerprint density at radius 3 is 2.45 bits per heavy atom. The second-order valence-electron chi connectivity index (χ2n) is 5.13. The van der Waals surface area contributed by atoms with Crippen LogP contribution in [0.3, 0.4) is 0 Å². The van der Waals surface area contributed by atoms with Gasteiger partial charge in [-0.3, -0.25) is 4.90 Å². The largest absolute Gasteiger partial charge is 0.493 e. The van der Waals surface area contributed by atoms with E-state index < -0.39 is 0 Å². The molecule has 1 aliphatic rings. The smallest absolute Gasteiger partial charge is 0.160 e. The van der Waals surface area contributed by atoms with Crippen molar-refractivity contribution in [2.45, 2.75) is 31.7 Å². The molecule has 4 nitrogen and oxygen atoms in total. The maximum atomic E-state index is 9.42. The highest BCUT2D eigenvalue weighted by Crippen LogP contribution is 2.28. The standard InChI is InChI=1S/C16H22N2O2/c1-19-15-7-6-13(11-16(15)20-2)10-14(12-17)18-8-4-3-5-9-18/h6-7,11,14H,3-5,8-10H2,1-2H3. The first-order valence-corrected chi connectivity index (χ1v) is 7.13. The highest BCUT2D eigenvalue weighted by atomic mass is 16.5. The highest BCUT2D eigenvalue weighted by Gasteiger charge is 2.21. The van der Waals surface area contributed by atoms with Crippen molar-refractivity contribution in [1.82, 2.24) is 4.90 Å². The van der Waals surface area contributed by atoms with Gasteiger partial charge in [-0.2, -0.15) is 5.26 Å². The Kier molecular flexibility index (Phi) is 5.25. The summed E-state index contributed by atoms with van der Waals surface area (Å²) in [5.41, 5.74) is 1.11. The molecular weight excluding hydrogens is 252 g/mol. The van der Waals surface area contributed by atoms with Gasteiger partial charge < -0.3 is 9.47 Å². The van der Waals surface area contributed by atoms with Gasteiger partial charge in [0.15, 0.2) is 11.5 Å². The molecule has 1 heterocycles. The molecule has 1 atom stereocenters. The van der Waals surface area contributed by atoms with Gasteiger partial charge in [0.05, 0.1) is 20.3 Å². The summed E-state index contributed by atoms with van der Waals surface area (Å²) in [4.78, 5) is 2.29. The van der Waals surface area contributed by atoms with Crippen molar-refractivity contribution < 1.29 is 9.47 Å². The number of hydrogen-bond donors (Lipinski definition) is 0. The number of hydrogen-bond acceptors (Lipinski definition) is 4. The van der Waals surface area contributed by atoms with Gasteiger partial charge in [-0.25, -0.2) is 0 Å². The van der Waals surface area contributed by atoms with E-state index in [-0.39, 0.29) is 6.04 Å². The monoisotopic (exact) mass is 274 g/mol. The Morgan fingerprint density at radius 2 is 1.85 bits per heavy atom. The number of benzene rings is 1. The molecule has 4 heteroatoms. The summed E-state index contributed by atoms with van der Waals surface area (Å²) in [6, 6.07) is 8.27. The van der Waals surface area contributed by atoms with Crippen molar-refractivity contribution in [2.75, 3.05) is 27.3 Å². The maximum absolute atomic E-state index is 9.42. The number of methoxy groups -OCH3 is 2. The molecule has 0 bridgehead atoms. The lowest BCUT2D eigenvalue weighted by Gasteiger charge is -2.30. The van der Waals surface area contributed by atoms with E-state index in [1.807, 2.05) is 18.2 Å². The summed E-state index contributed by atoms with van der Waals surface area (Å²) in [5.74, 6) is 1.45. The van der Waals surface area contributed by atoms with Crippen LogP contribution in [0.5, 0.6) is 11.5 Å². The zero-order chi connectivity index (χ0) is 14.4. The number of piperidine rings is 1. The fraction of sp³-hybridized carbons (Fsp3) is 0.562. The first-order valence-electron chi connectivity index (χ1n) is 7.13. The maximum Gasteiger partial charge on any atom is 0.160 e. The van der Waals surface area contributed by atoms with Gasteiger partial charge in [-0.15, -0.1) is 0 Å². The molecule has 0 spiro atoms. The molecule has 108 valence electrons. The first-order chi connectivity index (χ1) is 9.78. The summed E-state index contributed by atoms with van der Waals surface area (Å²) in [5, 5.41) is 9.42. The number of likely N-dealkylation sites (tertiary alicyclic amines) is 1. The van der Waals surface area contributed by atoms with Gasteiger partial charge in [0.2, 0.25) is 0 Å². The zero-order valence-corrected chi connectivity index (χ0v) is 12.3. The molecule has 1 aliphatic heterocycles. The van der Waals surface area contributed by atoms with Crippen molar-refractivity contribution in [2.24, 2.45) is 0 Å². The van der Waals surface area contributed by atoms with Crippen LogP contribution in [0.1, 0.15) is 24.8 Å². The summed E-state index contributed by atoms with van der Waals surface area (Å²) in [6.07, 6.45) is 4.41. The van der Waals surface area contributed by atoms with Crippen LogP contribution >= 0.6 is 0 Å². The first kappa shape index (κ1) is 14.7. The average molecular weight is 274 g/mol. The molecule has 0 saturated carbocycles. The Bertz CT molecular complexity index is 476. The molecule has 0 amide bonds. The minimum absolute atomic E-state index is 0.0478. The minimum atomic E-state index is -0.0478. The quantitative estimate of drug-likeness (QED) is 0.828. The number of nitrogens with zero attached hydrogens (tertiary/aromatic N) is 2. The van der Waals surface area contributed by atoms with Crippen molar-refractivity contribution in [3.05, 3.63) is 23.8 Å². The Hall–Kier alpha value is -1.73. The third kappa shape index (κ3) is 3.43. The van der Waals surface area contributed by atoms with Gasteiger partial charge >= 0.3 is 0 Å². The molecule has 0 aromatic heterocycles. The molecule has 2 rings (SSSR count). The number of nitriles is 1. The predicted molar refractivity (Wildman–Crippen MR) is 78.1 cm³/mol. The predicted octanol–water partition coefficient (Wildman–Crippen LogP) is 2.62. The second kappa shape index (κ2) is 7.16. The van der Waals surface area contributed by atoms with Crippen LogP contribution in [-0.4, -0.2) is 38.3 Å². The van der Waals surface area contributed by atoms with Crippen LogP contribution in [0.4, 0.5) is 0 Å². The van der Waals surface area contributed by atoms with E-state index in [2.05, 4.69) is 11.0 Å². The van der Waals surface area contributed by atoms with Crippen molar-refractivity contribution in [1.29, 1.82) is 5.26 Å². The van der Waals surface area contributed by atoms with Crippen LogP contribution in [0.15, 0.2) is 18.2 Å². The summed E-state index contributed by atoms with van der Waals surface area (Å²) >= 11 is 0. The number of rotatable bonds is 5. The molecule has 1 aromatic rings. The lowest BCUT2D eigenvalue weighted by Crippen LogP contribution is -2.39. The van der Waals surface area contributed by atoms with Gasteiger partial charge in [-0.05, 0) is 43.6 Å². The summed E-state index contributed by atoms with van der Waals surface area (Å²) in [6.45, 7) is 2.07. The topological polar surface area (TPSA) is 45.5 Å². The molecule has 20 heavy (non-hydrogen) atoms. The van der Waals surface area contributed by atoms with E-state index in [0.29, 0.717) is 0 Å². The van der Waals surface area contributed by atoms with E-state index >= 15 is 0 Å². The lowest BCUT2D eigenvalue weighted by atomic mass is 10.0. The Labute approximate surface area is 120 Å². The lowest BCUT2D eigenvalue weighted by molar-refractivity contribution is 0.194. The fourth-order valence-corrected chi connectivity index (χ4v) is 2.72. The van der Waals surface area contributed by atoms with Crippen LogP contribution in [0, 0.1) is 11.3 Å². The number of ether oxygens (including phenoxy) is 2. The average Bonchev–Trinajstić information content (AvgIpc) is 2.53. The van der Waals surface area contributed by atoms with Gasteiger partial charge in [-0.1, -0.05) is 12.5 Å². The van der Waals surface area contributed by atoms with Crippen LogP contribution in [0.25, 0.3) is 0 Å². The van der Waals surface area contributed by atoms with Crippen LogP contribution in [-0.2, 0) is 6.42 Å². The third-order valence-electron chi connectivity index (χ3n) is 3.86. The third-order valence-corrected chi connectivity index (χ3v) is 3.86.